The molecule has 0 aromatic heterocycles. The van der Waals surface area contributed by atoms with E-state index >= 15 is 0 Å². The molecule has 0 aliphatic rings. The smallest absolute Gasteiger partial charge is 0.306 e. The molecule has 0 radical (unpaired) electrons. The number of hydrogen-bond acceptors (Lipinski definition) is 6. The molecule has 0 spiro atoms. The normalized spacial score (nSPS) is 12.2. The molecule has 0 aromatic carbocycles. The monoisotopic (exact) mass is 969 g/mol. The zero-order chi connectivity index (χ0) is 50.0. The molecular formula is C63H116O6. The molecule has 0 saturated carbocycles. The van der Waals surface area contributed by atoms with Crippen molar-refractivity contribution in [3.05, 3.63) is 36.5 Å². The summed E-state index contributed by atoms with van der Waals surface area (Å²) in [7, 11) is 0. The zero-order valence-corrected chi connectivity index (χ0v) is 46.3. The third-order valence-corrected chi connectivity index (χ3v) is 13.6. The number of ether oxygens (including phenoxy) is 3. The Labute approximate surface area is 429 Å². The van der Waals surface area contributed by atoms with Gasteiger partial charge >= 0.3 is 17.9 Å². The lowest BCUT2D eigenvalue weighted by Crippen LogP contribution is -2.30. The minimum Gasteiger partial charge on any atom is -0.462 e. The zero-order valence-electron chi connectivity index (χ0n) is 46.3. The van der Waals surface area contributed by atoms with Crippen LogP contribution in [0.25, 0.3) is 0 Å². The van der Waals surface area contributed by atoms with Gasteiger partial charge in [-0.1, -0.05) is 269 Å². The van der Waals surface area contributed by atoms with E-state index in [-0.39, 0.29) is 31.1 Å². The third-order valence-electron chi connectivity index (χ3n) is 13.6. The fourth-order valence-electron chi connectivity index (χ4n) is 9.00. The molecule has 0 heterocycles. The Hall–Kier alpha value is -2.37. The van der Waals surface area contributed by atoms with E-state index in [0.717, 1.165) is 77.0 Å². The van der Waals surface area contributed by atoms with Crippen LogP contribution in [-0.4, -0.2) is 37.2 Å². The Morgan fingerprint density at radius 3 is 0.826 bits per heavy atom. The van der Waals surface area contributed by atoms with Crippen LogP contribution in [0.1, 0.15) is 329 Å². The molecule has 0 rings (SSSR count). The first kappa shape index (κ1) is 66.6. The van der Waals surface area contributed by atoms with Crippen molar-refractivity contribution in [1.29, 1.82) is 0 Å². The van der Waals surface area contributed by atoms with Crippen LogP contribution in [0.4, 0.5) is 0 Å². The van der Waals surface area contributed by atoms with E-state index < -0.39 is 6.10 Å². The molecule has 1 atom stereocenters. The number of unbranched alkanes of at least 4 members (excludes halogenated alkanes) is 39. The molecular weight excluding hydrogens is 853 g/mol. The van der Waals surface area contributed by atoms with Crippen LogP contribution in [0.15, 0.2) is 36.5 Å². The quantitative estimate of drug-likeness (QED) is 0.0261. The van der Waals surface area contributed by atoms with Gasteiger partial charge in [0.1, 0.15) is 13.2 Å². The first-order valence-electron chi connectivity index (χ1n) is 30.5. The lowest BCUT2D eigenvalue weighted by atomic mass is 10.0. The van der Waals surface area contributed by atoms with Crippen molar-refractivity contribution >= 4 is 17.9 Å². The Morgan fingerprint density at radius 2 is 0.522 bits per heavy atom. The highest BCUT2D eigenvalue weighted by molar-refractivity contribution is 5.71. The summed E-state index contributed by atoms with van der Waals surface area (Å²) >= 11 is 0. The van der Waals surface area contributed by atoms with Gasteiger partial charge in [-0.25, -0.2) is 0 Å². The summed E-state index contributed by atoms with van der Waals surface area (Å²) < 4.78 is 16.9. The molecule has 6 heteroatoms. The lowest BCUT2D eigenvalue weighted by Gasteiger charge is -2.18. The Morgan fingerprint density at radius 1 is 0.290 bits per heavy atom. The number of carbonyl (C=O) groups is 3. The van der Waals surface area contributed by atoms with Crippen molar-refractivity contribution in [2.45, 2.75) is 335 Å². The van der Waals surface area contributed by atoms with Crippen LogP contribution < -0.4 is 0 Å². The average molecular weight is 970 g/mol. The van der Waals surface area contributed by atoms with Crippen molar-refractivity contribution in [2.24, 2.45) is 0 Å². The second-order valence-corrected chi connectivity index (χ2v) is 20.6. The van der Waals surface area contributed by atoms with E-state index in [1.807, 2.05) is 0 Å². The van der Waals surface area contributed by atoms with Crippen LogP contribution in [0.2, 0.25) is 0 Å². The first-order valence-corrected chi connectivity index (χ1v) is 30.5. The van der Waals surface area contributed by atoms with Gasteiger partial charge in [0.25, 0.3) is 0 Å². The highest BCUT2D eigenvalue weighted by atomic mass is 16.6. The first-order chi connectivity index (χ1) is 34.0. The van der Waals surface area contributed by atoms with E-state index in [4.69, 9.17) is 14.2 Å². The number of rotatable bonds is 56. The van der Waals surface area contributed by atoms with Gasteiger partial charge in [0, 0.05) is 19.3 Å². The van der Waals surface area contributed by atoms with E-state index in [1.165, 1.54) is 212 Å². The maximum Gasteiger partial charge on any atom is 0.306 e. The molecule has 0 bridgehead atoms. The van der Waals surface area contributed by atoms with E-state index in [0.29, 0.717) is 19.3 Å². The number of esters is 3. The fraction of sp³-hybridized carbons (Fsp3) is 0.857. The highest BCUT2D eigenvalue weighted by Gasteiger charge is 2.19. The molecule has 1 unspecified atom stereocenters. The van der Waals surface area contributed by atoms with E-state index in [9.17, 15) is 14.4 Å². The lowest BCUT2D eigenvalue weighted by molar-refractivity contribution is -0.167. The number of allylic oxidation sites excluding steroid dienone is 6. The summed E-state index contributed by atoms with van der Waals surface area (Å²) in [6, 6.07) is 0. The molecule has 0 N–H and O–H groups in total. The van der Waals surface area contributed by atoms with Crippen LogP contribution in [-0.2, 0) is 28.6 Å². The standard InChI is InChI=1S/C63H116O6/c1-4-7-10-13-16-19-22-25-28-30-32-34-35-38-41-44-47-50-53-56-62(65)68-59-60(58-67-61(64)55-52-49-46-43-40-37-27-24-21-18-15-12-9-6-3)69-63(66)57-54-51-48-45-42-39-36-33-31-29-26-23-20-17-14-11-8-5-2/h20,23-24,27,29,31,60H,4-19,21-22,25-26,28,30,32-59H2,1-3H3/b23-20-,27-24-,31-29-. The molecule has 0 aliphatic carbocycles. The molecule has 69 heavy (non-hydrogen) atoms. The van der Waals surface area contributed by atoms with Gasteiger partial charge in [-0.05, 0) is 77.0 Å². The maximum atomic E-state index is 12.9. The van der Waals surface area contributed by atoms with Gasteiger partial charge in [0.2, 0.25) is 0 Å². The van der Waals surface area contributed by atoms with Crippen molar-refractivity contribution in [1.82, 2.24) is 0 Å². The van der Waals surface area contributed by atoms with Crippen LogP contribution in [0, 0.1) is 0 Å². The molecule has 404 valence electrons. The topological polar surface area (TPSA) is 78.9 Å². The van der Waals surface area contributed by atoms with Gasteiger partial charge in [-0.2, -0.15) is 0 Å². The Bertz CT molecular complexity index is 1160. The summed E-state index contributed by atoms with van der Waals surface area (Å²) in [5.74, 6) is -0.871. The third kappa shape index (κ3) is 56.4. The SMILES string of the molecule is CCCCCC/C=C\C/C=C\CCCCCCCCCC(=O)OC(COC(=O)CCCCCCC/C=C\CCCCCCC)COC(=O)CCCCCCCCCCCCCCCCCCCCC. The highest BCUT2D eigenvalue weighted by Crippen LogP contribution is 2.17. The summed E-state index contributed by atoms with van der Waals surface area (Å²) in [5, 5.41) is 0. The minimum atomic E-state index is -0.777. The molecule has 0 aromatic rings. The van der Waals surface area contributed by atoms with Gasteiger partial charge in [0.15, 0.2) is 6.10 Å². The van der Waals surface area contributed by atoms with E-state index in [2.05, 4.69) is 57.2 Å². The Balaban J connectivity index is 4.34. The van der Waals surface area contributed by atoms with Crippen LogP contribution in [0.5, 0.6) is 0 Å². The Kier molecular flexibility index (Phi) is 56.2. The number of carbonyl (C=O) groups excluding carboxylic acids is 3. The molecule has 0 amide bonds. The van der Waals surface area contributed by atoms with E-state index in [1.54, 1.807) is 0 Å². The van der Waals surface area contributed by atoms with Crippen molar-refractivity contribution in [2.75, 3.05) is 13.2 Å². The summed E-state index contributed by atoms with van der Waals surface area (Å²) in [6.45, 7) is 6.65. The van der Waals surface area contributed by atoms with Gasteiger partial charge in [-0.15, -0.1) is 0 Å². The van der Waals surface area contributed by atoms with Gasteiger partial charge in [0.05, 0.1) is 0 Å². The van der Waals surface area contributed by atoms with Crippen LogP contribution in [0.3, 0.4) is 0 Å². The molecule has 0 fully saturated rings. The predicted octanol–water partition coefficient (Wildman–Crippen LogP) is 20.4. The van der Waals surface area contributed by atoms with Crippen molar-refractivity contribution < 1.29 is 28.6 Å². The second-order valence-electron chi connectivity index (χ2n) is 20.6. The van der Waals surface area contributed by atoms with Crippen molar-refractivity contribution in [3.8, 4) is 0 Å². The largest absolute Gasteiger partial charge is 0.462 e. The number of hydrogen-bond donors (Lipinski definition) is 0. The van der Waals surface area contributed by atoms with Crippen molar-refractivity contribution in [3.63, 3.8) is 0 Å². The maximum absolute atomic E-state index is 12.9. The van der Waals surface area contributed by atoms with Gasteiger partial charge in [-0.3, -0.25) is 14.4 Å². The molecule has 6 nitrogen and oxygen atoms in total. The summed E-state index contributed by atoms with van der Waals surface area (Å²) in [4.78, 5) is 38.2. The predicted molar refractivity (Wildman–Crippen MR) is 298 cm³/mol. The van der Waals surface area contributed by atoms with Gasteiger partial charge < -0.3 is 14.2 Å². The second kappa shape index (κ2) is 58.2. The average Bonchev–Trinajstić information content (AvgIpc) is 3.35. The summed E-state index contributed by atoms with van der Waals surface area (Å²) in [6.07, 6.45) is 69.9. The molecule has 0 saturated heterocycles. The molecule has 0 aliphatic heterocycles. The summed E-state index contributed by atoms with van der Waals surface area (Å²) in [5.41, 5.74) is 0. The van der Waals surface area contributed by atoms with Crippen LogP contribution >= 0.6 is 0 Å². The fourth-order valence-corrected chi connectivity index (χ4v) is 9.00. The minimum absolute atomic E-state index is 0.0741.